The normalized spacial score (nSPS) is 16.6. The van der Waals surface area contributed by atoms with E-state index in [2.05, 4.69) is 48.2 Å². The predicted octanol–water partition coefficient (Wildman–Crippen LogP) is 6.47. The summed E-state index contributed by atoms with van der Waals surface area (Å²) in [7, 11) is 0. The second-order valence-corrected chi connectivity index (χ2v) is 8.44. The highest BCUT2D eigenvalue weighted by molar-refractivity contribution is 5.34. The van der Waals surface area contributed by atoms with Crippen LogP contribution in [0.25, 0.3) is 0 Å². The largest absolute Gasteiger partial charge is 0.299 e. The molecule has 0 heterocycles. The first-order valence-corrected chi connectivity index (χ1v) is 11.1. The van der Waals surface area contributed by atoms with Crippen LogP contribution in [0.1, 0.15) is 63.0 Å². The van der Waals surface area contributed by atoms with Crippen LogP contribution in [0.2, 0.25) is 0 Å². The second kappa shape index (κ2) is 10.6. The molecule has 1 aliphatic carbocycles. The Kier molecular flexibility index (Phi) is 7.83. The predicted molar refractivity (Wildman–Crippen MR) is 117 cm³/mol. The van der Waals surface area contributed by atoms with Gasteiger partial charge in [0.25, 0.3) is 0 Å². The van der Waals surface area contributed by atoms with Crippen molar-refractivity contribution in [2.24, 2.45) is 5.92 Å². The Bertz CT molecular complexity index is 775. The highest BCUT2D eigenvalue weighted by Crippen LogP contribution is 2.45. The lowest BCUT2D eigenvalue weighted by Crippen LogP contribution is -2.34. The van der Waals surface area contributed by atoms with Crippen molar-refractivity contribution in [2.75, 3.05) is 13.1 Å². The van der Waals surface area contributed by atoms with Gasteiger partial charge in [0.15, 0.2) is 0 Å². The van der Waals surface area contributed by atoms with Crippen molar-refractivity contribution >= 4 is 0 Å². The fourth-order valence-corrected chi connectivity index (χ4v) is 4.97. The summed E-state index contributed by atoms with van der Waals surface area (Å²) in [5, 5.41) is 10.3. The molecule has 1 fully saturated rings. The third kappa shape index (κ3) is 5.46. The molecule has 0 spiro atoms. The van der Waals surface area contributed by atoms with Gasteiger partial charge >= 0.3 is 0 Å². The number of hydrogen-bond donors (Lipinski definition) is 0. The van der Waals surface area contributed by atoms with E-state index >= 15 is 0 Å². The zero-order chi connectivity index (χ0) is 20.5. The summed E-state index contributed by atoms with van der Waals surface area (Å²) < 4.78 is 13.5. The summed E-state index contributed by atoms with van der Waals surface area (Å²) in [5.74, 6) is 0.149. The van der Waals surface area contributed by atoms with Crippen molar-refractivity contribution in [3.05, 3.63) is 71.5 Å². The monoisotopic (exact) mass is 392 g/mol. The summed E-state index contributed by atoms with van der Waals surface area (Å²) in [6, 6.07) is 20.0. The minimum atomic E-state index is -0.491. The van der Waals surface area contributed by atoms with Gasteiger partial charge in [-0.3, -0.25) is 4.90 Å². The number of rotatable bonds is 10. The first-order chi connectivity index (χ1) is 14.2. The van der Waals surface area contributed by atoms with E-state index in [1.807, 2.05) is 12.1 Å². The molecule has 3 heteroatoms. The van der Waals surface area contributed by atoms with Gasteiger partial charge in [-0.2, -0.15) is 5.26 Å². The third-order valence-electron chi connectivity index (χ3n) is 6.45. The van der Waals surface area contributed by atoms with Crippen molar-refractivity contribution in [1.29, 1.82) is 5.26 Å². The van der Waals surface area contributed by atoms with Crippen LogP contribution in [0.4, 0.5) is 4.39 Å². The summed E-state index contributed by atoms with van der Waals surface area (Å²) in [6.45, 7) is 5.22. The maximum absolute atomic E-state index is 13.5. The van der Waals surface area contributed by atoms with Gasteiger partial charge in [-0.1, -0.05) is 62.2 Å². The quantitative estimate of drug-likeness (QED) is 0.463. The standard InChI is InChI=1S/C26H33FN2/c1-2-18-29(20-22-9-4-3-5-10-22)19-8-17-26(21-28,23-11-6-7-12-23)24-13-15-25(27)16-14-24/h3-5,9-10,13-16,23H,2,6-8,11-12,17-20H2,1H3. The number of nitriles is 1. The van der Waals surface area contributed by atoms with E-state index in [0.29, 0.717) is 5.92 Å². The summed E-state index contributed by atoms with van der Waals surface area (Å²) in [4.78, 5) is 2.50. The molecule has 0 aliphatic heterocycles. The lowest BCUT2D eigenvalue weighted by Gasteiger charge is -2.34. The molecular weight excluding hydrogens is 359 g/mol. The van der Waals surface area contributed by atoms with Gasteiger partial charge in [0, 0.05) is 6.54 Å². The smallest absolute Gasteiger partial charge is 0.123 e. The van der Waals surface area contributed by atoms with Crippen molar-refractivity contribution < 1.29 is 4.39 Å². The van der Waals surface area contributed by atoms with Crippen LogP contribution in [0.15, 0.2) is 54.6 Å². The molecule has 1 aliphatic rings. The van der Waals surface area contributed by atoms with Gasteiger partial charge in [0.1, 0.15) is 5.82 Å². The Morgan fingerprint density at radius 1 is 1.03 bits per heavy atom. The van der Waals surface area contributed by atoms with E-state index < -0.39 is 5.41 Å². The molecule has 0 aromatic heterocycles. The molecule has 0 saturated heterocycles. The van der Waals surface area contributed by atoms with Crippen LogP contribution in [0.3, 0.4) is 0 Å². The summed E-state index contributed by atoms with van der Waals surface area (Å²) in [5.41, 5.74) is 1.84. The van der Waals surface area contributed by atoms with E-state index in [9.17, 15) is 9.65 Å². The van der Waals surface area contributed by atoms with Gasteiger partial charge in [0.2, 0.25) is 0 Å². The Labute approximate surface area is 175 Å². The van der Waals surface area contributed by atoms with Gasteiger partial charge in [-0.25, -0.2) is 4.39 Å². The Hall–Kier alpha value is -2.18. The molecule has 0 N–H and O–H groups in total. The topological polar surface area (TPSA) is 27.0 Å². The first kappa shape index (κ1) is 21.5. The number of nitrogens with zero attached hydrogens (tertiary/aromatic N) is 2. The van der Waals surface area contributed by atoms with E-state index in [1.54, 1.807) is 0 Å². The number of benzene rings is 2. The maximum atomic E-state index is 13.5. The fourth-order valence-electron chi connectivity index (χ4n) is 4.97. The lowest BCUT2D eigenvalue weighted by molar-refractivity contribution is 0.238. The molecule has 0 amide bonds. The highest BCUT2D eigenvalue weighted by Gasteiger charge is 2.41. The average Bonchev–Trinajstić information content (AvgIpc) is 3.28. The Balaban J connectivity index is 1.71. The average molecular weight is 393 g/mol. The molecular formula is C26H33FN2. The molecule has 29 heavy (non-hydrogen) atoms. The molecule has 0 radical (unpaired) electrons. The van der Waals surface area contributed by atoms with Crippen LogP contribution in [0, 0.1) is 23.1 Å². The van der Waals surface area contributed by atoms with Crippen molar-refractivity contribution in [3.63, 3.8) is 0 Å². The molecule has 1 atom stereocenters. The van der Waals surface area contributed by atoms with Crippen LogP contribution < -0.4 is 0 Å². The van der Waals surface area contributed by atoms with Crippen LogP contribution in [-0.4, -0.2) is 18.0 Å². The van der Waals surface area contributed by atoms with Gasteiger partial charge in [-0.15, -0.1) is 0 Å². The van der Waals surface area contributed by atoms with Crippen molar-refractivity contribution in [1.82, 2.24) is 4.90 Å². The molecule has 1 unspecified atom stereocenters. The van der Waals surface area contributed by atoms with Gasteiger partial charge in [0.05, 0.1) is 11.5 Å². The van der Waals surface area contributed by atoms with Gasteiger partial charge < -0.3 is 0 Å². The van der Waals surface area contributed by atoms with E-state index in [1.165, 1.54) is 30.5 Å². The number of hydrogen-bond acceptors (Lipinski definition) is 2. The minimum absolute atomic E-state index is 0.232. The summed E-state index contributed by atoms with van der Waals surface area (Å²) in [6.07, 6.45) is 7.55. The first-order valence-electron chi connectivity index (χ1n) is 11.1. The van der Waals surface area contributed by atoms with Crippen LogP contribution in [0.5, 0.6) is 0 Å². The maximum Gasteiger partial charge on any atom is 0.123 e. The molecule has 2 nitrogen and oxygen atoms in total. The van der Waals surface area contributed by atoms with E-state index in [0.717, 1.165) is 57.3 Å². The molecule has 2 aromatic carbocycles. The fraction of sp³-hybridized carbons (Fsp3) is 0.500. The van der Waals surface area contributed by atoms with E-state index in [-0.39, 0.29) is 5.82 Å². The number of halogens is 1. The van der Waals surface area contributed by atoms with E-state index in [4.69, 9.17) is 0 Å². The molecule has 0 bridgehead atoms. The Morgan fingerprint density at radius 2 is 1.72 bits per heavy atom. The van der Waals surface area contributed by atoms with Crippen LogP contribution >= 0.6 is 0 Å². The SMILES string of the molecule is CCCN(CCCC(C#N)(c1ccc(F)cc1)C1CCCC1)Cc1ccccc1. The Morgan fingerprint density at radius 3 is 2.34 bits per heavy atom. The molecule has 154 valence electrons. The molecule has 3 rings (SSSR count). The zero-order valence-corrected chi connectivity index (χ0v) is 17.6. The lowest BCUT2D eigenvalue weighted by atomic mass is 9.67. The summed E-state index contributed by atoms with van der Waals surface area (Å²) >= 11 is 0. The second-order valence-electron chi connectivity index (χ2n) is 8.44. The zero-order valence-electron chi connectivity index (χ0n) is 17.6. The van der Waals surface area contributed by atoms with Crippen molar-refractivity contribution in [3.8, 4) is 6.07 Å². The van der Waals surface area contributed by atoms with Crippen molar-refractivity contribution in [2.45, 2.75) is 63.8 Å². The molecule has 2 aromatic rings. The van der Waals surface area contributed by atoms with Gasteiger partial charge in [-0.05, 0) is 74.4 Å². The minimum Gasteiger partial charge on any atom is -0.299 e. The van der Waals surface area contributed by atoms with Crippen LogP contribution in [-0.2, 0) is 12.0 Å². The highest BCUT2D eigenvalue weighted by atomic mass is 19.1. The third-order valence-corrected chi connectivity index (χ3v) is 6.45. The molecule has 1 saturated carbocycles.